The molecule has 2 N–H and O–H groups in total. The zero-order chi connectivity index (χ0) is 22.0. The Balaban J connectivity index is 1.42. The molecular weight excluding hydrogens is 388 g/mol. The number of aromatic nitrogens is 2. The number of benzene rings is 1. The van der Waals surface area contributed by atoms with Crippen molar-refractivity contribution >= 4 is 6.01 Å². The van der Waals surface area contributed by atoms with Crippen LogP contribution in [0.3, 0.4) is 0 Å². The van der Waals surface area contributed by atoms with Gasteiger partial charge in [0.25, 0.3) is 0 Å². The predicted octanol–water partition coefficient (Wildman–Crippen LogP) is 4.49. The SMILES string of the molecule is CC1CC(C)(C)c2ccc(-c3nnc(N4CCC(NCCCCO)CC4)o3)cc2C1C. The third-order valence-corrected chi connectivity index (χ3v) is 7.40. The van der Waals surface area contributed by atoms with Crippen LogP contribution in [0.15, 0.2) is 22.6 Å². The molecule has 2 aliphatic rings. The maximum absolute atomic E-state index is 8.90. The van der Waals surface area contributed by atoms with E-state index in [1.165, 1.54) is 17.5 Å². The number of hydrogen-bond donors (Lipinski definition) is 2. The lowest BCUT2D eigenvalue weighted by Crippen LogP contribution is -2.43. The van der Waals surface area contributed by atoms with Gasteiger partial charge in [-0.1, -0.05) is 38.9 Å². The number of rotatable bonds is 7. The summed E-state index contributed by atoms with van der Waals surface area (Å²) in [6, 6.07) is 7.85. The number of nitrogens with zero attached hydrogens (tertiary/aromatic N) is 3. The van der Waals surface area contributed by atoms with Crippen molar-refractivity contribution in [2.45, 2.75) is 77.2 Å². The van der Waals surface area contributed by atoms with Crippen LogP contribution in [0, 0.1) is 5.92 Å². The number of anilines is 1. The molecule has 4 rings (SSSR count). The first-order valence-electron chi connectivity index (χ1n) is 12.0. The van der Waals surface area contributed by atoms with Gasteiger partial charge in [0, 0.05) is 31.3 Å². The number of aliphatic hydroxyl groups excluding tert-OH is 1. The molecule has 1 aliphatic heterocycles. The van der Waals surface area contributed by atoms with Gasteiger partial charge in [0.15, 0.2) is 0 Å². The van der Waals surface area contributed by atoms with Crippen molar-refractivity contribution in [2.24, 2.45) is 5.92 Å². The summed E-state index contributed by atoms with van der Waals surface area (Å²) in [5.41, 5.74) is 4.11. The van der Waals surface area contributed by atoms with E-state index in [9.17, 15) is 0 Å². The molecule has 2 unspecified atom stereocenters. The molecule has 0 radical (unpaired) electrons. The second-order valence-electron chi connectivity index (χ2n) is 10.2. The minimum absolute atomic E-state index is 0.205. The van der Waals surface area contributed by atoms with Crippen molar-refractivity contribution in [1.29, 1.82) is 0 Å². The van der Waals surface area contributed by atoms with Crippen molar-refractivity contribution in [3.05, 3.63) is 29.3 Å². The van der Waals surface area contributed by atoms with Crippen molar-refractivity contribution < 1.29 is 9.52 Å². The molecule has 1 aromatic heterocycles. The third-order valence-electron chi connectivity index (χ3n) is 7.40. The van der Waals surface area contributed by atoms with Gasteiger partial charge in [-0.15, -0.1) is 5.10 Å². The molecule has 2 aromatic rings. The summed E-state index contributed by atoms with van der Waals surface area (Å²) in [5.74, 6) is 1.81. The Kier molecular flexibility index (Phi) is 6.68. The van der Waals surface area contributed by atoms with Crippen LogP contribution >= 0.6 is 0 Å². The second kappa shape index (κ2) is 9.29. The van der Waals surface area contributed by atoms with E-state index in [1.54, 1.807) is 0 Å². The fraction of sp³-hybridized carbons (Fsp3) is 0.680. The standard InChI is InChI=1S/C25H38N4O2/c1-17-16-25(3,4)22-8-7-19(15-21(22)18(17)2)23-27-28-24(31-23)29-12-9-20(10-13-29)26-11-5-6-14-30/h7-8,15,17-18,20,26,30H,5-6,9-14,16H2,1-4H3. The van der Waals surface area contributed by atoms with Crippen molar-refractivity contribution in [3.8, 4) is 11.5 Å². The van der Waals surface area contributed by atoms with Crippen LogP contribution in [0.25, 0.3) is 11.5 Å². The highest BCUT2D eigenvalue weighted by Crippen LogP contribution is 2.46. The Bertz CT molecular complexity index is 870. The molecule has 1 saturated heterocycles. The van der Waals surface area contributed by atoms with Crippen molar-refractivity contribution in [1.82, 2.24) is 15.5 Å². The first kappa shape index (κ1) is 22.3. The van der Waals surface area contributed by atoms with Gasteiger partial charge in [-0.2, -0.15) is 0 Å². The predicted molar refractivity (Wildman–Crippen MR) is 125 cm³/mol. The molecule has 0 bridgehead atoms. The third kappa shape index (κ3) is 4.80. The Morgan fingerprint density at radius 3 is 2.68 bits per heavy atom. The Hall–Kier alpha value is -1.92. The molecule has 0 saturated carbocycles. The zero-order valence-corrected chi connectivity index (χ0v) is 19.5. The largest absolute Gasteiger partial charge is 0.403 e. The van der Waals surface area contributed by atoms with E-state index in [0.717, 1.165) is 50.9 Å². The zero-order valence-electron chi connectivity index (χ0n) is 19.5. The summed E-state index contributed by atoms with van der Waals surface area (Å²) in [7, 11) is 0. The maximum atomic E-state index is 8.90. The molecule has 1 aromatic carbocycles. The van der Waals surface area contributed by atoms with Crippen LogP contribution in [0.5, 0.6) is 0 Å². The van der Waals surface area contributed by atoms with Gasteiger partial charge < -0.3 is 19.7 Å². The minimum atomic E-state index is 0.205. The minimum Gasteiger partial charge on any atom is -0.403 e. The molecule has 6 nitrogen and oxygen atoms in total. The van der Waals surface area contributed by atoms with Gasteiger partial charge >= 0.3 is 6.01 Å². The summed E-state index contributed by atoms with van der Waals surface area (Å²) < 4.78 is 6.12. The molecule has 1 aliphatic carbocycles. The normalized spacial score (nSPS) is 23.7. The number of piperidine rings is 1. The van der Waals surface area contributed by atoms with Gasteiger partial charge in [-0.3, -0.25) is 0 Å². The Labute approximate surface area is 186 Å². The highest BCUT2D eigenvalue weighted by Gasteiger charge is 2.35. The number of hydrogen-bond acceptors (Lipinski definition) is 6. The van der Waals surface area contributed by atoms with Gasteiger partial charge in [0.1, 0.15) is 0 Å². The number of aliphatic hydroxyl groups is 1. The van der Waals surface area contributed by atoms with Crippen LogP contribution in [0.1, 0.15) is 76.8 Å². The number of fused-ring (bicyclic) bond motifs is 1. The van der Waals surface area contributed by atoms with Gasteiger partial charge in [0.05, 0.1) is 0 Å². The molecule has 0 spiro atoms. The monoisotopic (exact) mass is 426 g/mol. The van der Waals surface area contributed by atoms with Crippen molar-refractivity contribution in [3.63, 3.8) is 0 Å². The van der Waals surface area contributed by atoms with E-state index in [0.29, 0.717) is 29.8 Å². The average Bonchev–Trinajstić information content (AvgIpc) is 3.25. The fourth-order valence-electron chi connectivity index (χ4n) is 5.36. The van der Waals surface area contributed by atoms with E-state index < -0.39 is 0 Å². The van der Waals surface area contributed by atoms with E-state index in [2.05, 4.69) is 66.3 Å². The lowest BCUT2D eigenvalue weighted by atomic mass is 9.64. The van der Waals surface area contributed by atoms with E-state index in [4.69, 9.17) is 9.52 Å². The van der Waals surface area contributed by atoms with Crippen LogP contribution < -0.4 is 10.2 Å². The first-order chi connectivity index (χ1) is 14.9. The lowest BCUT2D eigenvalue weighted by molar-refractivity contribution is 0.281. The maximum Gasteiger partial charge on any atom is 0.318 e. The van der Waals surface area contributed by atoms with Crippen LogP contribution in [-0.4, -0.2) is 47.6 Å². The lowest BCUT2D eigenvalue weighted by Gasteiger charge is -2.40. The van der Waals surface area contributed by atoms with Crippen LogP contribution in [-0.2, 0) is 5.41 Å². The molecule has 1 fully saturated rings. The van der Waals surface area contributed by atoms with Gasteiger partial charge in [-0.05, 0) is 79.2 Å². The molecule has 0 amide bonds. The highest BCUT2D eigenvalue weighted by atomic mass is 16.4. The summed E-state index contributed by atoms with van der Waals surface area (Å²) in [4.78, 5) is 2.20. The highest BCUT2D eigenvalue weighted by molar-refractivity contribution is 5.58. The fourth-order valence-corrected chi connectivity index (χ4v) is 5.36. The quantitative estimate of drug-likeness (QED) is 0.636. The van der Waals surface area contributed by atoms with Gasteiger partial charge in [0.2, 0.25) is 5.89 Å². The smallest absolute Gasteiger partial charge is 0.318 e. The summed E-state index contributed by atoms with van der Waals surface area (Å²) in [5, 5.41) is 21.2. The summed E-state index contributed by atoms with van der Waals surface area (Å²) >= 11 is 0. The van der Waals surface area contributed by atoms with E-state index in [1.807, 2.05) is 0 Å². The number of unbranched alkanes of at least 4 members (excludes halogenated alkanes) is 1. The molecule has 170 valence electrons. The Morgan fingerprint density at radius 2 is 1.94 bits per heavy atom. The Morgan fingerprint density at radius 1 is 1.16 bits per heavy atom. The molecule has 6 heteroatoms. The van der Waals surface area contributed by atoms with Crippen LogP contribution in [0.4, 0.5) is 6.01 Å². The van der Waals surface area contributed by atoms with E-state index in [-0.39, 0.29) is 12.0 Å². The topological polar surface area (TPSA) is 74.4 Å². The number of nitrogens with one attached hydrogen (secondary N) is 1. The second-order valence-corrected chi connectivity index (χ2v) is 10.2. The van der Waals surface area contributed by atoms with Crippen molar-refractivity contribution in [2.75, 3.05) is 31.1 Å². The van der Waals surface area contributed by atoms with Gasteiger partial charge in [-0.25, -0.2) is 0 Å². The first-order valence-corrected chi connectivity index (χ1v) is 12.0. The molecule has 31 heavy (non-hydrogen) atoms. The van der Waals surface area contributed by atoms with Crippen LogP contribution in [0.2, 0.25) is 0 Å². The molecule has 2 heterocycles. The summed E-state index contributed by atoms with van der Waals surface area (Å²) in [6.45, 7) is 12.5. The van der Waals surface area contributed by atoms with E-state index >= 15 is 0 Å². The molecule has 2 atom stereocenters. The molecular formula is C25H38N4O2. The summed E-state index contributed by atoms with van der Waals surface area (Å²) in [6.07, 6.45) is 5.26. The average molecular weight is 427 g/mol.